The fourth-order valence-electron chi connectivity index (χ4n) is 2.14. The summed E-state index contributed by atoms with van der Waals surface area (Å²) in [5.41, 5.74) is 5.73. The predicted octanol–water partition coefficient (Wildman–Crippen LogP) is 0.311. The third-order valence-corrected chi connectivity index (χ3v) is 4.35. The van der Waals surface area contributed by atoms with Crippen LogP contribution in [0.3, 0.4) is 0 Å². The monoisotopic (exact) mass is 292 g/mol. The van der Waals surface area contributed by atoms with Crippen LogP contribution < -0.4 is 16.6 Å². The average Bonchev–Trinajstić information content (AvgIpc) is 3.17. The van der Waals surface area contributed by atoms with E-state index in [0.717, 1.165) is 12.8 Å². The maximum Gasteiger partial charge on any atom is 0.262 e. The van der Waals surface area contributed by atoms with Crippen molar-refractivity contribution < 1.29 is 4.79 Å². The van der Waals surface area contributed by atoms with Gasteiger partial charge in [0, 0.05) is 12.6 Å². The quantitative estimate of drug-likeness (QED) is 0.830. The summed E-state index contributed by atoms with van der Waals surface area (Å²) in [5.74, 6) is 0.335. The summed E-state index contributed by atoms with van der Waals surface area (Å²) in [6, 6.07) is 1.75. The van der Waals surface area contributed by atoms with E-state index >= 15 is 0 Å². The van der Waals surface area contributed by atoms with Crippen LogP contribution >= 0.6 is 11.3 Å². The van der Waals surface area contributed by atoms with Crippen molar-refractivity contribution in [1.82, 2.24) is 14.9 Å². The number of fused-ring (bicyclic) bond motifs is 1. The molecule has 1 aliphatic carbocycles. The zero-order valence-electron chi connectivity index (χ0n) is 10.9. The molecule has 2 aromatic rings. The second-order valence-electron chi connectivity index (χ2n) is 5.12. The number of amides is 1. The Morgan fingerprint density at radius 2 is 2.40 bits per heavy atom. The zero-order chi connectivity index (χ0) is 14.1. The van der Waals surface area contributed by atoms with Gasteiger partial charge in [-0.1, -0.05) is 0 Å². The molecule has 1 aliphatic rings. The minimum atomic E-state index is -0.209. The van der Waals surface area contributed by atoms with Gasteiger partial charge >= 0.3 is 0 Å². The Bertz CT molecular complexity index is 689. The smallest absolute Gasteiger partial charge is 0.262 e. The van der Waals surface area contributed by atoms with Gasteiger partial charge in [0.2, 0.25) is 5.91 Å². The van der Waals surface area contributed by atoms with Crippen LogP contribution in [0.1, 0.15) is 12.8 Å². The largest absolute Gasteiger partial charge is 0.353 e. The maximum atomic E-state index is 12.1. The van der Waals surface area contributed by atoms with E-state index in [-0.39, 0.29) is 24.1 Å². The molecule has 1 atom stereocenters. The Labute approximate surface area is 119 Å². The van der Waals surface area contributed by atoms with Crippen molar-refractivity contribution in [3.8, 4) is 0 Å². The summed E-state index contributed by atoms with van der Waals surface area (Å²) < 4.78 is 1.33. The van der Waals surface area contributed by atoms with Gasteiger partial charge in [-0.2, -0.15) is 0 Å². The summed E-state index contributed by atoms with van der Waals surface area (Å²) >= 11 is 1.41. The number of nitrogens with zero attached hydrogens (tertiary/aromatic N) is 2. The van der Waals surface area contributed by atoms with Crippen LogP contribution in [0.15, 0.2) is 22.6 Å². The molecule has 2 aromatic heterocycles. The highest BCUT2D eigenvalue weighted by Gasteiger charge is 2.28. The summed E-state index contributed by atoms with van der Waals surface area (Å²) in [6.07, 6.45) is 3.71. The van der Waals surface area contributed by atoms with Gasteiger partial charge in [0.1, 0.15) is 11.4 Å². The molecule has 0 bridgehead atoms. The summed E-state index contributed by atoms with van der Waals surface area (Å²) in [5, 5.41) is 5.15. The van der Waals surface area contributed by atoms with Gasteiger partial charge in [0.25, 0.3) is 5.56 Å². The Balaban J connectivity index is 1.64. The predicted molar refractivity (Wildman–Crippen MR) is 77.6 cm³/mol. The second kappa shape index (κ2) is 5.34. The van der Waals surface area contributed by atoms with Crippen molar-refractivity contribution >= 4 is 27.5 Å². The minimum absolute atomic E-state index is 0.0188. The highest BCUT2D eigenvalue weighted by molar-refractivity contribution is 7.16. The standard InChI is InChI=1S/C13H16N4O2S/c14-10(8-1-2-8)5-15-11(18)6-17-7-16-12-9(13(17)19)3-4-20-12/h3-4,7-8,10H,1-2,5-6,14H2,(H,15,18). The number of aromatic nitrogens is 2. The van der Waals surface area contributed by atoms with Crippen molar-refractivity contribution in [2.75, 3.05) is 6.54 Å². The van der Waals surface area contributed by atoms with E-state index in [1.54, 1.807) is 6.07 Å². The van der Waals surface area contributed by atoms with Gasteiger partial charge in [-0.3, -0.25) is 14.2 Å². The van der Waals surface area contributed by atoms with Crippen molar-refractivity contribution in [1.29, 1.82) is 0 Å². The van der Waals surface area contributed by atoms with Gasteiger partial charge in [0.15, 0.2) is 0 Å². The molecule has 0 spiro atoms. The van der Waals surface area contributed by atoms with Gasteiger partial charge in [-0.15, -0.1) is 11.3 Å². The fraction of sp³-hybridized carbons (Fsp3) is 0.462. The molecule has 3 rings (SSSR count). The Morgan fingerprint density at radius 3 is 3.15 bits per heavy atom. The lowest BCUT2D eigenvalue weighted by molar-refractivity contribution is -0.121. The van der Waals surface area contributed by atoms with Crippen molar-refractivity contribution in [2.45, 2.75) is 25.4 Å². The molecule has 1 amide bonds. The Hall–Kier alpha value is -1.73. The first-order valence-electron chi connectivity index (χ1n) is 6.60. The third kappa shape index (κ3) is 2.73. The summed E-state index contributed by atoms with van der Waals surface area (Å²) in [6.45, 7) is 0.446. The number of thiophene rings is 1. The molecule has 0 saturated heterocycles. The van der Waals surface area contributed by atoms with Crippen LogP contribution in [0.2, 0.25) is 0 Å². The number of hydrogen-bond donors (Lipinski definition) is 2. The second-order valence-corrected chi connectivity index (χ2v) is 6.02. The first-order chi connectivity index (χ1) is 9.65. The third-order valence-electron chi connectivity index (χ3n) is 3.53. The molecule has 0 aromatic carbocycles. The molecule has 20 heavy (non-hydrogen) atoms. The fourth-order valence-corrected chi connectivity index (χ4v) is 2.86. The van der Waals surface area contributed by atoms with Crippen molar-refractivity contribution in [3.63, 3.8) is 0 Å². The Morgan fingerprint density at radius 1 is 1.60 bits per heavy atom. The molecule has 6 nitrogen and oxygen atoms in total. The molecule has 1 unspecified atom stereocenters. The van der Waals surface area contributed by atoms with Gasteiger partial charge in [-0.05, 0) is 30.2 Å². The number of nitrogens with one attached hydrogen (secondary N) is 1. The Kier molecular flexibility index (Phi) is 3.54. The normalized spacial score (nSPS) is 16.2. The van der Waals surface area contributed by atoms with Crippen LogP contribution in [0.5, 0.6) is 0 Å². The van der Waals surface area contributed by atoms with E-state index in [0.29, 0.717) is 22.7 Å². The number of hydrogen-bond acceptors (Lipinski definition) is 5. The first kappa shape index (κ1) is 13.3. The van der Waals surface area contributed by atoms with Crippen molar-refractivity contribution in [3.05, 3.63) is 28.1 Å². The lowest BCUT2D eigenvalue weighted by atomic mass is 10.2. The van der Waals surface area contributed by atoms with Crippen LogP contribution in [-0.4, -0.2) is 28.0 Å². The zero-order valence-corrected chi connectivity index (χ0v) is 11.7. The highest BCUT2D eigenvalue weighted by atomic mass is 32.1. The van der Waals surface area contributed by atoms with E-state index in [4.69, 9.17) is 5.73 Å². The molecule has 2 heterocycles. The molecule has 7 heteroatoms. The first-order valence-corrected chi connectivity index (χ1v) is 7.48. The molecule has 1 fully saturated rings. The molecule has 3 N–H and O–H groups in total. The number of carbonyl (C=O) groups excluding carboxylic acids is 1. The lowest BCUT2D eigenvalue weighted by Crippen LogP contribution is -2.40. The number of carbonyl (C=O) groups is 1. The molecule has 1 saturated carbocycles. The molecule has 0 radical (unpaired) electrons. The highest BCUT2D eigenvalue weighted by Crippen LogP contribution is 2.31. The van der Waals surface area contributed by atoms with Gasteiger partial charge < -0.3 is 11.1 Å². The molecule has 0 aliphatic heterocycles. The average molecular weight is 292 g/mol. The van der Waals surface area contributed by atoms with Crippen molar-refractivity contribution in [2.24, 2.45) is 11.7 Å². The van der Waals surface area contributed by atoms with Gasteiger partial charge in [0.05, 0.1) is 11.7 Å². The lowest BCUT2D eigenvalue weighted by Gasteiger charge is -2.12. The van der Waals surface area contributed by atoms with E-state index in [2.05, 4.69) is 10.3 Å². The van der Waals surface area contributed by atoms with E-state index in [9.17, 15) is 9.59 Å². The topological polar surface area (TPSA) is 90.0 Å². The molecule has 106 valence electrons. The van der Waals surface area contributed by atoms with Crippen LogP contribution in [-0.2, 0) is 11.3 Å². The van der Waals surface area contributed by atoms with Crippen LogP contribution in [0, 0.1) is 5.92 Å². The SMILES string of the molecule is NC(CNC(=O)Cn1cnc2sccc2c1=O)C1CC1. The van der Waals surface area contributed by atoms with E-state index < -0.39 is 0 Å². The molecular weight excluding hydrogens is 276 g/mol. The summed E-state index contributed by atoms with van der Waals surface area (Å²) in [4.78, 5) is 28.8. The number of rotatable bonds is 5. The van der Waals surface area contributed by atoms with Crippen LogP contribution in [0.4, 0.5) is 0 Å². The minimum Gasteiger partial charge on any atom is -0.353 e. The van der Waals surface area contributed by atoms with Crippen LogP contribution in [0.25, 0.3) is 10.2 Å². The molecular formula is C13H16N4O2S. The summed E-state index contributed by atoms with van der Waals surface area (Å²) in [7, 11) is 0. The van der Waals surface area contributed by atoms with Gasteiger partial charge in [-0.25, -0.2) is 4.98 Å². The maximum absolute atomic E-state index is 12.1. The van der Waals surface area contributed by atoms with E-state index in [1.807, 2.05) is 5.38 Å². The van der Waals surface area contributed by atoms with E-state index in [1.165, 1.54) is 22.2 Å². The number of nitrogens with two attached hydrogens (primary N) is 1.